The van der Waals surface area contributed by atoms with E-state index in [2.05, 4.69) is 10.6 Å². The minimum Gasteiger partial charge on any atom is -0.471 e. The number of hydrogen-bond acceptors (Lipinski definition) is 3. The molecule has 0 bridgehead atoms. The van der Waals surface area contributed by atoms with Crippen molar-refractivity contribution in [3.8, 4) is 5.75 Å². The molecule has 0 aliphatic carbocycles. The molecule has 2 amide bonds. The van der Waals surface area contributed by atoms with Gasteiger partial charge in [-0.1, -0.05) is 30.3 Å². The second-order valence-electron chi connectivity index (χ2n) is 6.29. The van der Waals surface area contributed by atoms with Crippen LogP contribution in [0.5, 0.6) is 5.75 Å². The summed E-state index contributed by atoms with van der Waals surface area (Å²) in [5, 5.41) is 5.68. The molecule has 2 aromatic rings. The topological polar surface area (TPSA) is 67.4 Å². The molecule has 0 saturated carbocycles. The molecule has 0 aromatic heterocycles. The molecule has 5 heteroatoms. The zero-order chi connectivity index (χ0) is 17.3. The van der Waals surface area contributed by atoms with Crippen LogP contribution < -0.4 is 15.4 Å². The quantitative estimate of drug-likeness (QED) is 0.912. The van der Waals surface area contributed by atoms with Crippen molar-refractivity contribution in [2.45, 2.75) is 32.4 Å². The molecule has 1 atom stereocenters. The first-order valence-electron chi connectivity index (χ1n) is 7.91. The van der Waals surface area contributed by atoms with Crippen LogP contribution in [-0.4, -0.2) is 17.9 Å². The SMILES string of the molecule is CC(C)NC(=O)c1ccc2c(c1)NC(=O)[C@](C)(c1ccccc1)O2. The molecule has 3 rings (SSSR count). The summed E-state index contributed by atoms with van der Waals surface area (Å²) in [6.45, 7) is 5.53. The lowest BCUT2D eigenvalue weighted by Crippen LogP contribution is -2.45. The Morgan fingerprint density at radius 2 is 1.88 bits per heavy atom. The number of rotatable bonds is 3. The summed E-state index contributed by atoms with van der Waals surface area (Å²) in [5.74, 6) is 0.100. The lowest BCUT2D eigenvalue weighted by Gasteiger charge is -2.35. The van der Waals surface area contributed by atoms with Gasteiger partial charge in [0.15, 0.2) is 0 Å². The predicted molar refractivity (Wildman–Crippen MR) is 92.1 cm³/mol. The molecule has 0 spiro atoms. The molecule has 0 unspecified atom stereocenters. The fourth-order valence-corrected chi connectivity index (χ4v) is 2.66. The molecule has 0 fully saturated rings. The molecule has 124 valence electrons. The molecular formula is C19H20N2O3. The molecule has 24 heavy (non-hydrogen) atoms. The van der Waals surface area contributed by atoms with Gasteiger partial charge in [-0.05, 0) is 39.0 Å². The molecular weight excluding hydrogens is 304 g/mol. The third kappa shape index (κ3) is 2.85. The van der Waals surface area contributed by atoms with E-state index in [1.54, 1.807) is 25.1 Å². The van der Waals surface area contributed by atoms with Crippen LogP contribution in [0.25, 0.3) is 0 Å². The van der Waals surface area contributed by atoms with Crippen molar-refractivity contribution in [2.75, 3.05) is 5.32 Å². The van der Waals surface area contributed by atoms with Crippen LogP contribution in [0.2, 0.25) is 0 Å². The highest BCUT2D eigenvalue weighted by molar-refractivity contribution is 6.03. The molecule has 5 nitrogen and oxygen atoms in total. The number of anilines is 1. The summed E-state index contributed by atoms with van der Waals surface area (Å²) >= 11 is 0. The van der Waals surface area contributed by atoms with Crippen LogP contribution in [0.4, 0.5) is 5.69 Å². The average molecular weight is 324 g/mol. The largest absolute Gasteiger partial charge is 0.471 e. The van der Waals surface area contributed by atoms with Crippen LogP contribution in [-0.2, 0) is 10.4 Å². The second kappa shape index (κ2) is 6.00. The van der Waals surface area contributed by atoms with E-state index >= 15 is 0 Å². The Balaban J connectivity index is 1.92. The van der Waals surface area contributed by atoms with Gasteiger partial charge in [0, 0.05) is 17.2 Å². The van der Waals surface area contributed by atoms with Crippen LogP contribution in [0, 0.1) is 0 Å². The zero-order valence-electron chi connectivity index (χ0n) is 13.9. The van der Waals surface area contributed by atoms with Gasteiger partial charge < -0.3 is 15.4 Å². The number of hydrogen-bond donors (Lipinski definition) is 2. The van der Waals surface area contributed by atoms with Crippen molar-refractivity contribution in [1.29, 1.82) is 0 Å². The highest BCUT2D eigenvalue weighted by atomic mass is 16.5. The Labute approximate surface area is 141 Å². The monoisotopic (exact) mass is 324 g/mol. The summed E-state index contributed by atoms with van der Waals surface area (Å²) < 4.78 is 5.99. The third-order valence-electron chi connectivity index (χ3n) is 3.98. The molecule has 2 aromatic carbocycles. The van der Waals surface area contributed by atoms with Crippen LogP contribution >= 0.6 is 0 Å². The van der Waals surface area contributed by atoms with Gasteiger partial charge in [0.2, 0.25) is 5.60 Å². The van der Waals surface area contributed by atoms with Crippen molar-refractivity contribution < 1.29 is 14.3 Å². The highest BCUT2D eigenvalue weighted by Crippen LogP contribution is 2.39. The van der Waals surface area contributed by atoms with Gasteiger partial charge in [-0.3, -0.25) is 9.59 Å². The minimum atomic E-state index is -1.10. The average Bonchev–Trinajstić information content (AvgIpc) is 2.55. The number of amides is 2. The lowest BCUT2D eigenvalue weighted by atomic mass is 9.93. The van der Waals surface area contributed by atoms with Gasteiger partial charge in [-0.25, -0.2) is 0 Å². The Hall–Kier alpha value is -2.82. The van der Waals surface area contributed by atoms with Crippen molar-refractivity contribution >= 4 is 17.5 Å². The maximum Gasteiger partial charge on any atom is 0.273 e. The summed E-state index contributed by atoms with van der Waals surface area (Å²) in [7, 11) is 0. The summed E-state index contributed by atoms with van der Waals surface area (Å²) in [6, 6.07) is 14.4. The number of benzene rings is 2. The smallest absolute Gasteiger partial charge is 0.273 e. The van der Waals surface area contributed by atoms with Gasteiger partial charge in [0.05, 0.1) is 5.69 Å². The van der Waals surface area contributed by atoms with E-state index in [1.807, 2.05) is 44.2 Å². The van der Waals surface area contributed by atoms with Crippen molar-refractivity contribution in [2.24, 2.45) is 0 Å². The van der Waals surface area contributed by atoms with E-state index in [-0.39, 0.29) is 17.9 Å². The van der Waals surface area contributed by atoms with Crippen LogP contribution in [0.3, 0.4) is 0 Å². The second-order valence-corrected chi connectivity index (χ2v) is 6.29. The van der Waals surface area contributed by atoms with Gasteiger partial charge in [-0.15, -0.1) is 0 Å². The van der Waals surface area contributed by atoms with Gasteiger partial charge in [0.1, 0.15) is 5.75 Å². The Kier molecular flexibility index (Phi) is 4.01. The first kappa shape index (κ1) is 16.1. The number of nitrogens with one attached hydrogen (secondary N) is 2. The molecule has 1 aliphatic rings. The van der Waals surface area contributed by atoms with E-state index < -0.39 is 5.60 Å². The Bertz CT molecular complexity index is 786. The zero-order valence-corrected chi connectivity index (χ0v) is 13.9. The first-order chi connectivity index (χ1) is 11.4. The number of carbonyl (C=O) groups is 2. The van der Waals surface area contributed by atoms with Crippen molar-refractivity contribution in [1.82, 2.24) is 5.32 Å². The third-order valence-corrected chi connectivity index (χ3v) is 3.98. The summed E-state index contributed by atoms with van der Waals surface area (Å²) in [6.07, 6.45) is 0. The van der Waals surface area contributed by atoms with Gasteiger partial charge in [-0.2, -0.15) is 0 Å². The van der Waals surface area contributed by atoms with Gasteiger partial charge in [0.25, 0.3) is 11.8 Å². The maximum atomic E-state index is 12.6. The molecule has 0 saturated heterocycles. The highest BCUT2D eigenvalue weighted by Gasteiger charge is 2.41. The Morgan fingerprint density at radius 3 is 2.54 bits per heavy atom. The van der Waals surface area contributed by atoms with Crippen molar-refractivity contribution in [3.63, 3.8) is 0 Å². The predicted octanol–water partition coefficient (Wildman–Crippen LogP) is 3.07. The fourth-order valence-electron chi connectivity index (χ4n) is 2.66. The standard InChI is InChI=1S/C19H20N2O3/c1-12(2)20-17(22)13-9-10-16-15(11-13)21-18(23)19(3,24-16)14-7-5-4-6-8-14/h4-12H,1-3H3,(H,20,22)(H,21,23)/t19-/m0/s1. The lowest BCUT2D eigenvalue weighted by molar-refractivity contribution is -0.131. The molecule has 0 radical (unpaired) electrons. The molecule has 1 aliphatic heterocycles. The van der Waals surface area contributed by atoms with E-state index in [1.165, 1.54) is 0 Å². The number of fused-ring (bicyclic) bond motifs is 1. The van der Waals surface area contributed by atoms with E-state index in [0.717, 1.165) is 5.56 Å². The maximum absolute atomic E-state index is 12.6. The van der Waals surface area contributed by atoms with Crippen LogP contribution in [0.1, 0.15) is 36.7 Å². The first-order valence-corrected chi connectivity index (χ1v) is 7.91. The summed E-state index contributed by atoms with van der Waals surface area (Å²) in [5.41, 5.74) is 0.657. The summed E-state index contributed by atoms with van der Waals surface area (Å²) in [4.78, 5) is 24.7. The van der Waals surface area contributed by atoms with Gasteiger partial charge >= 0.3 is 0 Å². The van der Waals surface area contributed by atoms with E-state index in [4.69, 9.17) is 4.74 Å². The number of ether oxygens (including phenoxy) is 1. The van der Waals surface area contributed by atoms with E-state index in [9.17, 15) is 9.59 Å². The fraction of sp³-hybridized carbons (Fsp3) is 0.263. The molecule has 2 N–H and O–H groups in total. The normalized spacial score (nSPS) is 19.2. The Morgan fingerprint density at radius 1 is 1.17 bits per heavy atom. The minimum absolute atomic E-state index is 0.0424. The van der Waals surface area contributed by atoms with Crippen molar-refractivity contribution in [3.05, 3.63) is 59.7 Å². The number of carbonyl (C=O) groups excluding carboxylic acids is 2. The molecule has 1 heterocycles. The van der Waals surface area contributed by atoms with Crippen LogP contribution in [0.15, 0.2) is 48.5 Å². The van der Waals surface area contributed by atoms with E-state index in [0.29, 0.717) is 17.0 Å².